The number of aromatic nitrogens is 1. The molecule has 1 amide bonds. The third-order valence-corrected chi connectivity index (χ3v) is 5.39. The van der Waals surface area contributed by atoms with Crippen molar-refractivity contribution in [3.8, 4) is 0 Å². The van der Waals surface area contributed by atoms with Gasteiger partial charge >= 0.3 is 0 Å². The van der Waals surface area contributed by atoms with E-state index in [4.69, 9.17) is 0 Å². The van der Waals surface area contributed by atoms with Crippen molar-refractivity contribution < 1.29 is 9.18 Å². The quantitative estimate of drug-likeness (QED) is 0.296. The largest absolute Gasteiger partial charge is 0.361 e. The Hall–Kier alpha value is -3.93. The average molecular weight is 429 g/mol. The van der Waals surface area contributed by atoms with Crippen LogP contribution in [0.3, 0.4) is 0 Å². The van der Waals surface area contributed by atoms with Crippen molar-refractivity contribution in [3.05, 3.63) is 101 Å². The molecule has 0 fully saturated rings. The van der Waals surface area contributed by atoms with Crippen LogP contribution in [0.1, 0.15) is 27.0 Å². The van der Waals surface area contributed by atoms with Crippen molar-refractivity contribution in [3.63, 3.8) is 0 Å². The van der Waals surface area contributed by atoms with E-state index < -0.39 is 11.7 Å². The molecule has 1 heterocycles. The van der Waals surface area contributed by atoms with Gasteiger partial charge < -0.3 is 10.3 Å². The Balaban J connectivity index is 1.54. The van der Waals surface area contributed by atoms with E-state index in [2.05, 4.69) is 26.7 Å². The molecule has 1 aromatic heterocycles. The summed E-state index contributed by atoms with van der Waals surface area (Å²) in [5.41, 5.74) is 4.84. The summed E-state index contributed by atoms with van der Waals surface area (Å²) >= 11 is 0. The Morgan fingerprint density at radius 3 is 2.59 bits per heavy atom. The highest BCUT2D eigenvalue weighted by Crippen LogP contribution is 2.18. The van der Waals surface area contributed by atoms with Crippen molar-refractivity contribution in [1.82, 2.24) is 10.3 Å². The topological polar surface area (TPSA) is 69.3 Å². The Kier molecular flexibility index (Phi) is 6.31. The molecule has 32 heavy (non-hydrogen) atoms. The second-order valence-electron chi connectivity index (χ2n) is 7.70. The van der Waals surface area contributed by atoms with Crippen LogP contribution in [-0.4, -0.2) is 23.4 Å². The first kappa shape index (κ1) is 21.3. The van der Waals surface area contributed by atoms with Gasteiger partial charge in [0.2, 0.25) is 5.96 Å². The molecule has 0 spiro atoms. The summed E-state index contributed by atoms with van der Waals surface area (Å²) in [5.74, 6) is -0.511. The molecule has 162 valence electrons. The smallest absolute Gasteiger partial charge is 0.258 e. The number of anilines is 1. The van der Waals surface area contributed by atoms with E-state index in [1.54, 1.807) is 19.1 Å². The highest BCUT2D eigenvalue weighted by molar-refractivity contribution is 6.10. The molecule has 0 atom stereocenters. The lowest BCUT2D eigenvalue weighted by Gasteiger charge is -2.14. The first-order valence-electron chi connectivity index (χ1n) is 10.5. The standard InChI is InChI=1S/C26H25FN4O/c1-17-11-12-19(15-22(17)27)25(32)31-26(30-23-9-5-3-7-18(23)2)28-14-13-20-16-29-24-10-6-4-8-21(20)24/h3-12,15-16,29H,13-14H2,1-2H3,(H2,28,30,31,32). The maximum atomic E-state index is 13.9. The van der Waals surface area contributed by atoms with Crippen LogP contribution in [0.5, 0.6) is 0 Å². The second kappa shape index (κ2) is 9.47. The molecular weight excluding hydrogens is 403 g/mol. The number of carbonyl (C=O) groups is 1. The Morgan fingerprint density at radius 2 is 1.78 bits per heavy atom. The number of nitrogens with one attached hydrogen (secondary N) is 3. The summed E-state index contributed by atoms with van der Waals surface area (Å²) in [6.45, 7) is 4.11. The zero-order valence-electron chi connectivity index (χ0n) is 18.1. The molecule has 3 N–H and O–H groups in total. The van der Waals surface area contributed by atoms with E-state index >= 15 is 0 Å². The zero-order valence-corrected chi connectivity index (χ0v) is 18.1. The van der Waals surface area contributed by atoms with Crippen LogP contribution >= 0.6 is 0 Å². The minimum absolute atomic E-state index is 0.240. The molecule has 3 aromatic carbocycles. The van der Waals surface area contributed by atoms with Crippen LogP contribution in [0, 0.1) is 19.7 Å². The maximum Gasteiger partial charge on any atom is 0.258 e. The number of halogens is 1. The SMILES string of the molecule is Cc1ccc(C(=O)NC(=NCCc2c[nH]c3ccccc23)Nc2ccccc2C)cc1F. The van der Waals surface area contributed by atoms with Crippen LogP contribution < -0.4 is 10.6 Å². The molecule has 0 unspecified atom stereocenters. The van der Waals surface area contributed by atoms with E-state index in [9.17, 15) is 9.18 Å². The fourth-order valence-corrected chi connectivity index (χ4v) is 3.49. The number of fused-ring (bicyclic) bond motifs is 1. The van der Waals surface area contributed by atoms with E-state index in [1.165, 1.54) is 6.07 Å². The van der Waals surface area contributed by atoms with Gasteiger partial charge in [0.05, 0.1) is 0 Å². The normalized spacial score (nSPS) is 11.5. The molecule has 0 saturated carbocycles. The number of aliphatic imine (C=N–C) groups is 1. The molecule has 0 aliphatic heterocycles. The molecule has 5 nitrogen and oxygen atoms in total. The summed E-state index contributed by atoms with van der Waals surface area (Å²) in [7, 11) is 0. The third kappa shape index (κ3) is 4.86. The number of aromatic amines is 1. The third-order valence-electron chi connectivity index (χ3n) is 5.39. The Morgan fingerprint density at radius 1 is 1.00 bits per heavy atom. The predicted molar refractivity (Wildman–Crippen MR) is 128 cm³/mol. The maximum absolute atomic E-state index is 13.9. The molecule has 0 bridgehead atoms. The highest BCUT2D eigenvalue weighted by atomic mass is 19.1. The summed E-state index contributed by atoms with van der Waals surface area (Å²) < 4.78 is 13.9. The molecule has 4 aromatic rings. The van der Waals surface area contributed by atoms with Crippen molar-refractivity contribution in [2.75, 3.05) is 11.9 Å². The number of hydrogen-bond donors (Lipinski definition) is 3. The number of nitrogens with zero attached hydrogens (tertiary/aromatic N) is 1. The van der Waals surface area contributed by atoms with E-state index in [0.29, 0.717) is 24.5 Å². The molecule has 4 rings (SSSR count). The van der Waals surface area contributed by atoms with Gasteiger partial charge in [0.1, 0.15) is 5.82 Å². The lowest BCUT2D eigenvalue weighted by atomic mass is 10.1. The van der Waals surface area contributed by atoms with Gasteiger partial charge in [-0.3, -0.25) is 15.1 Å². The molecule has 0 saturated heterocycles. The van der Waals surface area contributed by atoms with Gasteiger partial charge in [-0.1, -0.05) is 42.5 Å². The van der Waals surface area contributed by atoms with Crippen LogP contribution in [0.15, 0.2) is 77.9 Å². The van der Waals surface area contributed by atoms with Gasteiger partial charge in [-0.2, -0.15) is 0 Å². The molecule has 0 aliphatic carbocycles. The van der Waals surface area contributed by atoms with Gasteiger partial charge in [0.25, 0.3) is 5.91 Å². The highest BCUT2D eigenvalue weighted by Gasteiger charge is 2.12. The molecule has 6 heteroatoms. The fraction of sp³-hybridized carbons (Fsp3) is 0.154. The monoisotopic (exact) mass is 428 g/mol. The van der Waals surface area contributed by atoms with E-state index in [0.717, 1.165) is 27.7 Å². The minimum Gasteiger partial charge on any atom is -0.361 e. The first-order chi connectivity index (χ1) is 15.5. The van der Waals surface area contributed by atoms with Crippen LogP contribution in [0.4, 0.5) is 10.1 Å². The van der Waals surface area contributed by atoms with Gasteiger partial charge in [-0.05, 0) is 61.2 Å². The van der Waals surface area contributed by atoms with Gasteiger partial charge in [-0.25, -0.2) is 4.39 Å². The van der Waals surface area contributed by atoms with Gasteiger partial charge in [0, 0.05) is 34.9 Å². The summed E-state index contributed by atoms with van der Waals surface area (Å²) in [5, 5.41) is 7.17. The number of benzene rings is 3. The van der Waals surface area contributed by atoms with Crippen molar-refractivity contribution >= 4 is 28.5 Å². The van der Waals surface area contributed by atoms with Gasteiger partial charge in [-0.15, -0.1) is 0 Å². The Labute approximate surface area is 186 Å². The fourth-order valence-electron chi connectivity index (χ4n) is 3.49. The molecular formula is C26H25FN4O. The number of rotatable bonds is 5. The van der Waals surface area contributed by atoms with E-state index in [-0.39, 0.29) is 5.56 Å². The summed E-state index contributed by atoms with van der Waals surface area (Å²) in [6.07, 6.45) is 2.69. The second-order valence-corrected chi connectivity index (χ2v) is 7.70. The first-order valence-corrected chi connectivity index (χ1v) is 10.5. The van der Waals surface area contributed by atoms with Gasteiger partial charge in [0.15, 0.2) is 0 Å². The Bertz CT molecular complexity index is 1290. The number of para-hydroxylation sites is 2. The van der Waals surface area contributed by atoms with Crippen LogP contribution in [0.2, 0.25) is 0 Å². The lowest BCUT2D eigenvalue weighted by Crippen LogP contribution is -2.36. The number of hydrogen-bond acceptors (Lipinski definition) is 2. The summed E-state index contributed by atoms with van der Waals surface area (Å²) in [6, 6.07) is 20.3. The number of amides is 1. The molecule has 0 aliphatic rings. The van der Waals surface area contributed by atoms with Crippen molar-refractivity contribution in [2.45, 2.75) is 20.3 Å². The van der Waals surface area contributed by atoms with Crippen molar-refractivity contribution in [2.24, 2.45) is 4.99 Å². The average Bonchev–Trinajstić information content (AvgIpc) is 3.20. The van der Waals surface area contributed by atoms with Crippen LogP contribution in [0.25, 0.3) is 10.9 Å². The number of carbonyl (C=O) groups excluding carboxylic acids is 1. The summed E-state index contributed by atoms with van der Waals surface area (Å²) in [4.78, 5) is 20.6. The van der Waals surface area contributed by atoms with Crippen LogP contribution in [-0.2, 0) is 6.42 Å². The minimum atomic E-state index is -0.421. The lowest BCUT2D eigenvalue weighted by molar-refractivity contribution is 0.0976. The van der Waals surface area contributed by atoms with E-state index in [1.807, 2.05) is 55.6 Å². The number of guanidine groups is 1. The number of H-pyrrole nitrogens is 1. The van der Waals surface area contributed by atoms with Crippen molar-refractivity contribution in [1.29, 1.82) is 0 Å². The number of aryl methyl sites for hydroxylation is 2. The molecule has 0 radical (unpaired) electrons. The zero-order chi connectivity index (χ0) is 22.5. The predicted octanol–water partition coefficient (Wildman–Crippen LogP) is 5.36.